The molecule has 0 aliphatic carbocycles. The van der Waals surface area contributed by atoms with Gasteiger partial charge in [0.25, 0.3) is 0 Å². The topological polar surface area (TPSA) is 15.3 Å². The van der Waals surface area contributed by atoms with Crippen LogP contribution in [0.2, 0.25) is 0 Å². The normalized spacial score (nSPS) is 32.1. The first kappa shape index (κ1) is 11.0. The molecule has 0 aromatic carbocycles. The van der Waals surface area contributed by atoms with Crippen molar-refractivity contribution < 1.29 is 0 Å². The van der Waals surface area contributed by atoms with Crippen LogP contribution in [0.15, 0.2) is 0 Å². The predicted molar refractivity (Wildman–Crippen MR) is 58.0 cm³/mol. The third kappa shape index (κ3) is 3.28. The maximum Gasteiger partial charge on any atom is 0.0192 e. The Morgan fingerprint density at radius 1 is 1.23 bits per heavy atom. The Morgan fingerprint density at radius 2 is 1.92 bits per heavy atom. The quantitative estimate of drug-likeness (QED) is 0.703. The Bertz CT molecular complexity index is 145. The van der Waals surface area contributed by atoms with Gasteiger partial charge in [-0.3, -0.25) is 4.90 Å². The Kier molecular flexibility index (Phi) is 4.20. The van der Waals surface area contributed by atoms with Gasteiger partial charge in [0, 0.05) is 25.2 Å². The van der Waals surface area contributed by atoms with Gasteiger partial charge < -0.3 is 5.32 Å². The molecule has 2 nitrogen and oxygen atoms in total. The van der Waals surface area contributed by atoms with E-state index in [2.05, 4.69) is 38.0 Å². The molecule has 2 atom stereocenters. The minimum Gasteiger partial charge on any atom is -0.316 e. The van der Waals surface area contributed by atoms with Crippen LogP contribution in [0.5, 0.6) is 0 Å². The molecule has 0 aromatic rings. The highest BCUT2D eigenvalue weighted by atomic mass is 15.2. The average molecular weight is 184 g/mol. The first-order valence-electron chi connectivity index (χ1n) is 5.54. The summed E-state index contributed by atoms with van der Waals surface area (Å²) in [6.07, 6.45) is 2.70. The SMILES string of the molecule is CN[C@@H]1CCC(C)CN(C(C)C)C1. The van der Waals surface area contributed by atoms with E-state index in [1.165, 1.54) is 25.9 Å². The molecule has 1 rings (SSSR count). The number of likely N-dealkylation sites (tertiary alicyclic amines) is 1. The first-order chi connectivity index (χ1) is 6.13. The summed E-state index contributed by atoms with van der Waals surface area (Å²) in [5, 5.41) is 3.41. The lowest BCUT2D eigenvalue weighted by Gasteiger charge is -2.28. The number of likely N-dealkylation sites (N-methyl/N-ethyl adjacent to an activating group) is 1. The van der Waals surface area contributed by atoms with Crippen LogP contribution < -0.4 is 5.32 Å². The molecule has 0 spiro atoms. The highest BCUT2D eigenvalue weighted by molar-refractivity contribution is 4.79. The highest BCUT2D eigenvalue weighted by Crippen LogP contribution is 2.17. The molecule has 1 heterocycles. The van der Waals surface area contributed by atoms with Gasteiger partial charge in [-0.15, -0.1) is 0 Å². The van der Waals surface area contributed by atoms with Crippen molar-refractivity contribution in [2.45, 2.75) is 45.7 Å². The molecule has 0 saturated carbocycles. The summed E-state index contributed by atoms with van der Waals surface area (Å²) in [6, 6.07) is 1.39. The molecule has 1 aliphatic heterocycles. The molecule has 13 heavy (non-hydrogen) atoms. The van der Waals surface area contributed by atoms with Gasteiger partial charge in [-0.1, -0.05) is 6.92 Å². The van der Waals surface area contributed by atoms with E-state index in [-0.39, 0.29) is 0 Å². The fraction of sp³-hybridized carbons (Fsp3) is 1.00. The van der Waals surface area contributed by atoms with Crippen molar-refractivity contribution in [3.8, 4) is 0 Å². The van der Waals surface area contributed by atoms with Crippen molar-refractivity contribution in [3.63, 3.8) is 0 Å². The maximum absolute atomic E-state index is 3.41. The largest absolute Gasteiger partial charge is 0.316 e. The zero-order valence-electron chi connectivity index (χ0n) is 9.51. The standard InChI is InChI=1S/C11H24N2/c1-9(2)13-7-10(3)5-6-11(8-13)12-4/h9-12H,5-8H2,1-4H3/t10?,11-/m1/s1. The van der Waals surface area contributed by atoms with Crippen LogP contribution in [0.3, 0.4) is 0 Å². The van der Waals surface area contributed by atoms with E-state index in [1.807, 2.05) is 0 Å². The number of hydrogen-bond donors (Lipinski definition) is 1. The Labute approximate surface area is 82.7 Å². The minimum absolute atomic E-state index is 0.691. The molecule has 1 N–H and O–H groups in total. The van der Waals surface area contributed by atoms with Crippen molar-refractivity contribution in [2.24, 2.45) is 5.92 Å². The van der Waals surface area contributed by atoms with Crippen LogP contribution in [0.25, 0.3) is 0 Å². The van der Waals surface area contributed by atoms with E-state index in [1.54, 1.807) is 0 Å². The van der Waals surface area contributed by atoms with Gasteiger partial charge in [0.1, 0.15) is 0 Å². The van der Waals surface area contributed by atoms with E-state index in [9.17, 15) is 0 Å². The fourth-order valence-corrected chi connectivity index (χ4v) is 2.08. The van der Waals surface area contributed by atoms with Crippen LogP contribution in [-0.2, 0) is 0 Å². The van der Waals surface area contributed by atoms with Gasteiger partial charge in [0.15, 0.2) is 0 Å². The highest BCUT2D eigenvalue weighted by Gasteiger charge is 2.21. The smallest absolute Gasteiger partial charge is 0.0192 e. The summed E-state index contributed by atoms with van der Waals surface area (Å²) in [5.41, 5.74) is 0. The van der Waals surface area contributed by atoms with Gasteiger partial charge in [0.2, 0.25) is 0 Å². The molecule has 0 amide bonds. The molecule has 0 bridgehead atoms. The fourth-order valence-electron chi connectivity index (χ4n) is 2.08. The molecule has 1 unspecified atom stereocenters. The van der Waals surface area contributed by atoms with Gasteiger partial charge in [-0.25, -0.2) is 0 Å². The predicted octanol–water partition coefficient (Wildman–Crippen LogP) is 1.71. The zero-order chi connectivity index (χ0) is 9.84. The molecule has 1 aliphatic rings. The summed E-state index contributed by atoms with van der Waals surface area (Å²) >= 11 is 0. The van der Waals surface area contributed by atoms with Crippen molar-refractivity contribution >= 4 is 0 Å². The zero-order valence-corrected chi connectivity index (χ0v) is 9.51. The van der Waals surface area contributed by atoms with Crippen molar-refractivity contribution in [1.82, 2.24) is 10.2 Å². The summed E-state index contributed by atoms with van der Waals surface area (Å²) in [7, 11) is 2.08. The number of nitrogens with zero attached hydrogens (tertiary/aromatic N) is 1. The van der Waals surface area contributed by atoms with Crippen molar-refractivity contribution in [1.29, 1.82) is 0 Å². The second-order valence-electron chi connectivity index (χ2n) is 4.72. The van der Waals surface area contributed by atoms with Crippen LogP contribution in [0.1, 0.15) is 33.6 Å². The lowest BCUT2D eigenvalue weighted by atomic mass is 10.0. The van der Waals surface area contributed by atoms with E-state index in [0.29, 0.717) is 12.1 Å². The molecule has 78 valence electrons. The third-order valence-electron chi connectivity index (χ3n) is 3.15. The van der Waals surface area contributed by atoms with Crippen LogP contribution in [-0.4, -0.2) is 37.1 Å². The van der Waals surface area contributed by atoms with Crippen LogP contribution >= 0.6 is 0 Å². The van der Waals surface area contributed by atoms with Crippen LogP contribution in [0, 0.1) is 5.92 Å². The molecular weight excluding hydrogens is 160 g/mol. The van der Waals surface area contributed by atoms with E-state index in [0.717, 1.165) is 5.92 Å². The van der Waals surface area contributed by atoms with E-state index < -0.39 is 0 Å². The Balaban J connectivity index is 2.52. The number of nitrogens with one attached hydrogen (secondary N) is 1. The first-order valence-corrected chi connectivity index (χ1v) is 5.54. The average Bonchev–Trinajstić information content (AvgIpc) is 2.27. The molecule has 1 saturated heterocycles. The van der Waals surface area contributed by atoms with Gasteiger partial charge in [-0.05, 0) is 39.7 Å². The Morgan fingerprint density at radius 3 is 2.46 bits per heavy atom. The summed E-state index contributed by atoms with van der Waals surface area (Å²) < 4.78 is 0. The number of hydrogen-bond acceptors (Lipinski definition) is 2. The second kappa shape index (κ2) is 4.97. The Hall–Kier alpha value is -0.0800. The number of rotatable bonds is 2. The van der Waals surface area contributed by atoms with E-state index in [4.69, 9.17) is 0 Å². The molecule has 1 fully saturated rings. The van der Waals surface area contributed by atoms with Crippen molar-refractivity contribution in [3.05, 3.63) is 0 Å². The van der Waals surface area contributed by atoms with Gasteiger partial charge >= 0.3 is 0 Å². The minimum atomic E-state index is 0.691. The third-order valence-corrected chi connectivity index (χ3v) is 3.15. The van der Waals surface area contributed by atoms with E-state index >= 15 is 0 Å². The molecule has 0 radical (unpaired) electrons. The lowest BCUT2D eigenvalue weighted by molar-refractivity contribution is 0.196. The molecular formula is C11H24N2. The lowest BCUT2D eigenvalue weighted by Crippen LogP contribution is -2.41. The van der Waals surface area contributed by atoms with Crippen LogP contribution in [0.4, 0.5) is 0 Å². The van der Waals surface area contributed by atoms with Gasteiger partial charge in [0.05, 0.1) is 0 Å². The monoisotopic (exact) mass is 184 g/mol. The maximum atomic E-state index is 3.41. The second-order valence-corrected chi connectivity index (χ2v) is 4.72. The summed E-state index contributed by atoms with van der Waals surface area (Å²) in [4.78, 5) is 2.60. The summed E-state index contributed by atoms with van der Waals surface area (Å²) in [6.45, 7) is 9.46. The molecule has 2 heteroatoms. The summed E-state index contributed by atoms with van der Waals surface area (Å²) in [5.74, 6) is 0.862. The molecule has 0 aromatic heterocycles. The van der Waals surface area contributed by atoms with Crippen molar-refractivity contribution in [2.75, 3.05) is 20.1 Å². The van der Waals surface area contributed by atoms with Gasteiger partial charge in [-0.2, -0.15) is 0 Å².